The zero-order valence-corrected chi connectivity index (χ0v) is 14.3. The fourth-order valence-corrected chi connectivity index (χ4v) is 3.38. The third kappa shape index (κ3) is 5.26. The number of carbonyl (C=O) groups excluding carboxylic acids is 1. The minimum absolute atomic E-state index is 0.0596. The Morgan fingerprint density at radius 1 is 1.33 bits per heavy atom. The summed E-state index contributed by atoms with van der Waals surface area (Å²) in [6.07, 6.45) is 12.4. The molecule has 7 heteroatoms. The Balaban J connectivity index is 1.43. The van der Waals surface area contributed by atoms with Crippen molar-refractivity contribution in [3.63, 3.8) is 0 Å². The number of H-pyrrole nitrogens is 1. The zero-order chi connectivity index (χ0) is 16.6. The van der Waals surface area contributed by atoms with E-state index in [9.17, 15) is 4.79 Å². The summed E-state index contributed by atoms with van der Waals surface area (Å²) < 4.78 is 5.22. The van der Waals surface area contributed by atoms with Crippen molar-refractivity contribution in [2.45, 2.75) is 49.7 Å². The Hall–Kier alpha value is -2.02. The number of aromatic amines is 1. The number of nitrogens with zero attached hydrogens (tertiary/aromatic N) is 2. The molecule has 0 saturated heterocycles. The predicted molar refractivity (Wildman–Crippen MR) is 94.4 cm³/mol. The highest BCUT2D eigenvalue weighted by atomic mass is 32.2. The normalized spacial score (nSPS) is 16.3. The van der Waals surface area contributed by atoms with Crippen molar-refractivity contribution in [1.29, 1.82) is 0 Å². The van der Waals surface area contributed by atoms with Gasteiger partial charge in [-0.15, -0.1) is 5.10 Å². The van der Waals surface area contributed by atoms with Crippen molar-refractivity contribution < 1.29 is 9.21 Å². The number of rotatable bonds is 6. The molecule has 0 spiro atoms. The molecule has 0 aliphatic heterocycles. The van der Waals surface area contributed by atoms with E-state index in [0.717, 1.165) is 18.6 Å². The van der Waals surface area contributed by atoms with Crippen LogP contribution in [0.4, 0.5) is 0 Å². The van der Waals surface area contributed by atoms with E-state index >= 15 is 0 Å². The van der Waals surface area contributed by atoms with E-state index in [1.165, 1.54) is 37.4 Å². The Kier molecular flexibility index (Phi) is 6.12. The molecule has 1 amide bonds. The van der Waals surface area contributed by atoms with Gasteiger partial charge in [0, 0.05) is 6.04 Å². The van der Waals surface area contributed by atoms with Crippen molar-refractivity contribution in [2.75, 3.05) is 5.75 Å². The van der Waals surface area contributed by atoms with Crippen LogP contribution in [0.5, 0.6) is 0 Å². The number of hydrogen-bond donors (Lipinski definition) is 2. The summed E-state index contributed by atoms with van der Waals surface area (Å²) in [4.78, 5) is 16.4. The van der Waals surface area contributed by atoms with E-state index in [1.54, 1.807) is 12.3 Å². The van der Waals surface area contributed by atoms with E-state index in [1.807, 2.05) is 18.2 Å². The summed E-state index contributed by atoms with van der Waals surface area (Å²) in [6.45, 7) is 0. The van der Waals surface area contributed by atoms with E-state index < -0.39 is 0 Å². The molecule has 1 fully saturated rings. The molecule has 2 heterocycles. The molecule has 1 saturated carbocycles. The van der Waals surface area contributed by atoms with E-state index in [-0.39, 0.29) is 5.91 Å². The third-order valence-corrected chi connectivity index (χ3v) is 4.83. The summed E-state index contributed by atoms with van der Waals surface area (Å²) in [5.41, 5.74) is 0. The van der Waals surface area contributed by atoms with Crippen molar-refractivity contribution in [3.05, 3.63) is 30.0 Å². The van der Waals surface area contributed by atoms with Crippen LogP contribution in [0, 0.1) is 0 Å². The SMILES string of the molecule is O=C(CSc1n[nH]c(/C=C/c2ccco2)n1)NC1CCCCCC1. The average molecular weight is 346 g/mol. The topological polar surface area (TPSA) is 83.8 Å². The molecule has 24 heavy (non-hydrogen) atoms. The van der Waals surface area contributed by atoms with Crippen LogP contribution < -0.4 is 5.32 Å². The van der Waals surface area contributed by atoms with Gasteiger partial charge in [0.1, 0.15) is 11.6 Å². The first-order chi connectivity index (χ1) is 11.8. The molecule has 1 aliphatic carbocycles. The molecule has 0 aromatic carbocycles. The van der Waals surface area contributed by atoms with Gasteiger partial charge in [0.15, 0.2) is 0 Å². The van der Waals surface area contributed by atoms with Crippen LogP contribution in [0.25, 0.3) is 12.2 Å². The van der Waals surface area contributed by atoms with Gasteiger partial charge in [-0.2, -0.15) is 0 Å². The van der Waals surface area contributed by atoms with Crippen molar-refractivity contribution in [2.24, 2.45) is 0 Å². The van der Waals surface area contributed by atoms with Gasteiger partial charge in [0.05, 0.1) is 12.0 Å². The first-order valence-electron chi connectivity index (χ1n) is 8.36. The first-order valence-corrected chi connectivity index (χ1v) is 9.34. The number of furan rings is 1. The maximum absolute atomic E-state index is 12.1. The second-order valence-corrected chi connectivity index (χ2v) is 6.84. The predicted octanol–water partition coefficient (Wildman–Crippen LogP) is 3.50. The molecule has 128 valence electrons. The summed E-state index contributed by atoms with van der Waals surface area (Å²) in [6, 6.07) is 4.02. The lowest BCUT2D eigenvalue weighted by atomic mass is 10.1. The molecular formula is C17H22N4O2S. The lowest BCUT2D eigenvalue weighted by molar-refractivity contribution is -0.119. The molecule has 0 unspecified atom stereocenters. The first kappa shape index (κ1) is 16.8. The summed E-state index contributed by atoms with van der Waals surface area (Å²) in [7, 11) is 0. The second-order valence-electron chi connectivity index (χ2n) is 5.90. The van der Waals surface area contributed by atoms with Gasteiger partial charge in [-0.1, -0.05) is 37.4 Å². The molecule has 2 aromatic rings. The Labute approximate surface area is 145 Å². The largest absolute Gasteiger partial charge is 0.465 e. The van der Waals surface area contributed by atoms with Crippen LogP contribution >= 0.6 is 11.8 Å². The monoisotopic (exact) mass is 346 g/mol. The molecule has 0 bridgehead atoms. The Morgan fingerprint density at radius 3 is 2.92 bits per heavy atom. The zero-order valence-electron chi connectivity index (χ0n) is 13.5. The molecular weight excluding hydrogens is 324 g/mol. The van der Waals surface area contributed by atoms with Gasteiger partial charge >= 0.3 is 0 Å². The quantitative estimate of drug-likeness (QED) is 0.618. The van der Waals surface area contributed by atoms with E-state index in [0.29, 0.717) is 22.8 Å². The summed E-state index contributed by atoms with van der Waals surface area (Å²) in [5.74, 6) is 1.79. The molecule has 3 rings (SSSR count). The van der Waals surface area contributed by atoms with E-state index in [4.69, 9.17) is 4.42 Å². The highest BCUT2D eigenvalue weighted by molar-refractivity contribution is 7.99. The van der Waals surface area contributed by atoms with E-state index in [2.05, 4.69) is 20.5 Å². The van der Waals surface area contributed by atoms with Crippen LogP contribution in [0.15, 0.2) is 28.0 Å². The van der Waals surface area contributed by atoms with Gasteiger partial charge in [0.25, 0.3) is 0 Å². The maximum Gasteiger partial charge on any atom is 0.230 e. The minimum Gasteiger partial charge on any atom is -0.465 e. The lowest BCUT2D eigenvalue weighted by Crippen LogP contribution is -2.35. The maximum atomic E-state index is 12.1. The van der Waals surface area contributed by atoms with Gasteiger partial charge in [-0.25, -0.2) is 4.98 Å². The van der Waals surface area contributed by atoms with Crippen LogP contribution in [0.2, 0.25) is 0 Å². The highest BCUT2D eigenvalue weighted by Crippen LogP contribution is 2.18. The third-order valence-electron chi connectivity index (χ3n) is 3.98. The number of aromatic nitrogens is 3. The van der Waals surface area contributed by atoms with Crippen LogP contribution in [0.3, 0.4) is 0 Å². The number of nitrogens with one attached hydrogen (secondary N) is 2. The fraction of sp³-hybridized carbons (Fsp3) is 0.471. The standard InChI is InChI=1S/C17H22N4O2S/c22-16(18-13-6-3-1-2-4-7-13)12-24-17-19-15(20-21-17)10-9-14-8-5-11-23-14/h5,8-11,13H,1-4,6-7,12H2,(H,18,22)(H,19,20,21)/b10-9+. The molecule has 2 aromatic heterocycles. The van der Waals surface area contributed by atoms with Gasteiger partial charge in [-0.05, 0) is 37.1 Å². The average Bonchev–Trinajstić information content (AvgIpc) is 3.19. The molecule has 0 atom stereocenters. The van der Waals surface area contributed by atoms with Crippen molar-refractivity contribution in [3.8, 4) is 0 Å². The molecule has 2 N–H and O–H groups in total. The summed E-state index contributed by atoms with van der Waals surface area (Å²) >= 11 is 1.34. The van der Waals surface area contributed by atoms with Gasteiger partial charge in [0.2, 0.25) is 11.1 Å². The lowest BCUT2D eigenvalue weighted by Gasteiger charge is -2.15. The van der Waals surface area contributed by atoms with Crippen LogP contribution in [-0.2, 0) is 4.79 Å². The number of amides is 1. The van der Waals surface area contributed by atoms with Crippen molar-refractivity contribution >= 4 is 29.8 Å². The summed E-state index contributed by atoms with van der Waals surface area (Å²) in [5, 5.41) is 10.7. The Bertz CT molecular complexity index is 658. The fourth-order valence-electron chi connectivity index (χ4n) is 2.77. The van der Waals surface area contributed by atoms with Crippen molar-refractivity contribution in [1.82, 2.24) is 20.5 Å². The highest BCUT2D eigenvalue weighted by Gasteiger charge is 2.15. The molecule has 0 radical (unpaired) electrons. The van der Waals surface area contributed by atoms with Crippen LogP contribution in [0.1, 0.15) is 50.1 Å². The molecule has 1 aliphatic rings. The van der Waals surface area contributed by atoms with Gasteiger partial charge < -0.3 is 9.73 Å². The minimum atomic E-state index is 0.0596. The van der Waals surface area contributed by atoms with Gasteiger partial charge in [-0.3, -0.25) is 9.89 Å². The smallest absolute Gasteiger partial charge is 0.230 e. The second kappa shape index (κ2) is 8.73. The number of thioether (sulfide) groups is 1. The Morgan fingerprint density at radius 2 is 2.17 bits per heavy atom. The molecule has 6 nitrogen and oxygen atoms in total. The van der Waals surface area contributed by atoms with Crippen LogP contribution in [-0.4, -0.2) is 32.9 Å². The number of hydrogen-bond acceptors (Lipinski definition) is 5. The number of carbonyl (C=O) groups is 1.